The predicted octanol–water partition coefficient (Wildman–Crippen LogP) is 0.945. The first-order valence-corrected chi connectivity index (χ1v) is 6.48. The highest BCUT2D eigenvalue weighted by atomic mass is 16.5. The first kappa shape index (κ1) is 14.0. The van der Waals surface area contributed by atoms with Gasteiger partial charge in [0, 0.05) is 12.4 Å². The van der Waals surface area contributed by atoms with E-state index in [2.05, 4.69) is 10.3 Å². The van der Waals surface area contributed by atoms with Crippen LogP contribution in [0.15, 0.2) is 30.6 Å². The van der Waals surface area contributed by atoms with E-state index in [1.165, 1.54) is 0 Å². The molecule has 0 aliphatic heterocycles. The number of hydrogen-bond acceptors (Lipinski definition) is 4. The van der Waals surface area contributed by atoms with Crippen molar-refractivity contribution >= 4 is 17.5 Å². The summed E-state index contributed by atoms with van der Waals surface area (Å²) in [6.07, 6.45) is 3.79. The minimum atomic E-state index is -0.653. The molecule has 0 saturated heterocycles. The number of carbonyl (C=O) groups excluding carboxylic acids is 2. The van der Waals surface area contributed by atoms with Crippen LogP contribution in [0, 0.1) is 0 Å². The van der Waals surface area contributed by atoms with Crippen LogP contribution in [0.2, 0.25) is 0 Å². The zero-order chi connectivity index (χ0) is 14.5. The number of carbonyl (C=O) groups is 2. The number of aromatic nitrogens is 2. The third-order valence-corrected chi connectivity index (χ3v) is 2.77. The van der Waals surface area contributed by atoms with Gasteiger partial charge in [0.2, 0.25) is 5.91 Å². The summed E-state index contributed by atoms with van der Waals surface area (Å²) in [5, 5.41) is 2.59. The van der Waals surface area contributed by atoms with Crippen LogP contribution in [-0.2, 0) is 20.7 Å². The van der Waals surface area contributed by atoms with Gasteiger partial charge in [-0.15, -0.1) is 0 Å². The molecule has 0 aliphatic carbocycles. The van der Waals surface area contributed by atoms with E-state index < -0.39 is 12.0 Å². The first-order chi connectivity index (χ1) is 9.60. The van der Waals surface area contributed by atoms with Gasteiger partial charge in [-0.2, -0.15) is 0 Å². The largest absolute Gasteiger partial charge is 0.464 e. The fourth-order valence-electron chi connectivity index (χ4n) is 1.86. The van der Waals surface area contributed by atoms with Gasteiger partial charge >= 0.3 is 5.97 Å². The van der Waals surface area contributed by atoms with Gasteiger partial charge in [-0.05, 0) is 26.0 Å². The second-order valence-electron chi connectivity index (χ2n) is 4.42. The highest BCUT2D eigenvalue weighted by Crippen LogP contribution is 2.05. The van der Waals surface area contributed by atoms with Crippen LogP contribution in [0.4, 0.5) is 0 Å². The monoisotopic (exact) mass is 275 g/mol. The van der Waals surface area contributed by atoms with E-state index in [0.717, 1.165) is 5.65 Å². The van der Waals surface area contributed by atoms with Crippen LogP contribution >= 0.6 is 0 Å². The van der Waals surface area contributed by atoms with Crippen LogP contribution in [0.25, 0.3) is 5.65 Å². The normalized spacial score (nSPS) is 12.1. The Labute approximate surface area is 116 Å². The minimum Gasteiger partial charge on any atom is -0.464 e. The molecule has 1 N–H and O–H groups in total. The third-order valence-electron chi connectivity index (χ3n) is 2.77. The maximum Gasteiger partial charge on any atom is 0.328 e. The minimum absolute atomic E-state index is 0.130. The number of amides is 1. The van der Waals surface area contributed by atoms with E-state index >= 15 is 0 Å². The summed E-state index contributed by atoms with van der Waals surface area (Å²) in [6, 6.07) is 4.98. The van der Waals surface area contributed by atoms with Gasteiger partial charge in [0.1, 0.15) is 11.7 Å². The molecular formula is C14H17N3O3. The molecule has 1 unspecified atom stereocenters. The highest BCUT2D eigenvalue weighted by molar-refractivity contribution is 5.85. The van der Waals surface area contributed by atoms with Gasteiger partial charge in [-0.3, -0.25) is 4.79 Å². The SMILES string of the molecule is CCOC(=O)C(C)NC(=O)Cc1cn2ccccc2n1. The number of rotatable bonds is 5. The van der Waals surface area contributed by atoms with Crippen molar-refractivity contribution in [2.75, 3.05) is 6.61 Å². The van der Waals surface area contributed by atoms with Crippen molar-refractivity contribution in [2.45, 2.75) is 26.3 Å². The Morgan fingerprint density at radius 2 is 2.25 bits per heavy atom. The molecule has 0 aliphatic rings. The van der Waals surface area contributed by atoms with E-state index in [-0.39, 0.29) is 12.3 Å². The molecule has 0 saturated carbocycles. The lowest BCUT2D eigenvalue weighted by molar-refractivity contribution is -0.146. The molecule has 2 aromatic rings. The number of fused-ring (bicyclic) bond motifs is 1. The maximum absolute atomic E-state index is 11.8. The average Bonchev–Trinajstić information content (AvgIpc) is 2.80. The molecule has 0 aromatic carbocycles. The van der Waals surface area contributed by atoms with Crippen LogP contribution in [0.5, 0.6) is 0 Å². The Kier molecular flexibility index (Phi) is 4.34. The van der Waals surface area contributed by atoms with Crippen LogP contribution < -0.4 is 5.32 Å². The Morgan fingerprint density at radius 3 is 2.95 bits per heavy atom. The molecule has 20 heavy (non-hydrogen) atoms. The number of nitrogens with zero attached hydrogens (tertiary/aromatic N) is 2. The maximum atomic E-state index is 11.8. The predicted molar refractivity (Wildman–Crippen MR) is 73.1 cm³/mol. The summed E-state index contributed by atoms with van der Waals surface area (Å²) in [7, 11) is 0. The van der Waals surface area contributed by atoms with Crippen molar-refractivity contribution in [2.24, 2.45) is 0 Å². The molecule has 6 nitrogen and oxygen atoms in total. The van der Waals surface area contributed by atoms with Crippen LogP contribution in [-0.4, -0.2) is 33.9 Å². The van der Waals surface area contributed by atoms with Crippen molar-refractivity contribution in [1.82, 2.24) is 14.7 Å². The smallest absolute Gasteiger partial charge is 0.328 e. The molecule has 0 radical (unpaired) electrons. The molecule has 6 heteroatoms. The van der Waals surface area contributed by atoms with Gasteiger partial charge in [0.25, 0.3) is 0 Å². The summed E-state index contributed by atoms with van der Waals surface area (Å²) in [5.41, 5.74) is 1.44. The first-order valence-electron chi connectivity index (χ1n) is 6.48. The standard InChI is InChI=1S/C14H17N3O3/c1-3-20-14(19)10(2)15-13(18)8-11-9-17-7-5-4-6-12(17)16-11/h4-7,9-10H,3,8H2,1-2H3,(H,15,18). The summed E-state index contributed by atoms with van der Waals surface area (Å²) in [5.74, 6) is -0.690. The lowest BCUT2D eigenvalue weighted by atomic mass is 10.3. The van der Waals surface area contributed by atoms with Gasteiger partial charge in [-0.25, -0.2) is 9.78 Å². The van der Waals surface area contributed by atoms with E-state index in [4.69, 9.17) is 4.74 Å². The van der Waals surface area contributed by atoms with E-state index in [0.29, 0.717) is 12.3 Å². The molecule has 2 aromatic heterocycles. The summed E-state index contributed by atoms with van der Waals surface area (Å²) in [6.45, 7) is 3.62. The number of nitrogens with one attached hydrogen (secondary N) is 1. The number of ether oxygens (including phenoxy) is 1. The quantitative estimate of drug-likeness (QED) is 0.824. The van der Waals surface area contributed by atoms with Crippen LogP contribution in [0.1, 0.15) is 19.5 Å². The molecule has 0 bridgehead atoms. The van der Waals surface area contributed by atoms with E-state index in [1.807, 2.05) is 28.8 Å². The zero-order valence-corrected chi connectivity index (χ0v) is 11.5. The van der Waals surface area contributed by atoms with Crippen molar-refractivity contribution in [3.63, 3.8) is 0 Å². The second-order valence-corrected chi connectivity index (χ2v) is 4.42. The molecule has 106 valence electrons. The average molecular weight is 275 g/mol. The number of pyridine rings is 1. The summed E-state index contributed by atoms with van der Waals surface area (Å²) >= 11 is 0. The number of hydrogen-bond donors (Lipinski definition) is 1. The van der Waals surface area contributed by atoms with Gasteiger partial charge in [0.15, 0.2) is 0 Å². The van der Waals surface area contributed by atoms with Gasteiger partial charge in [0.05, 0.1) is 18.7 Å². The van der Waals surface area contributed by atoms with Crippen molar-refractivity contribution in [1.29, 1.82) is 0 Å². The van der Waals surface area contributed by atoms with E-state index in [1.54, 1.807) is 20.0 Å². The summed E-state index contributed by atoms with van der Waals surface area (Å²) in [4.78, 5) is 27.6. The molecule has 0 fully saturated rings. The third kappa shape index (κ3) is 3.34. The molecular weight excluding hydrogens is 258 g/mol. The molecule has 0 spiro atoms. The van der Waals surface area contributed by atoms with Crippen molar-refractivity contribution in [3.05, 3.63) is 36.3 Å². The summed E-state index contributed by atoms with van der Waals surface area (Å²) < 4.78 is 6.67. The van der Waals surface area contributed by atoms with Gasteiger partial charge < -0.3 is 14.5 Å². The topological polar surface area (TPSA) is 72.7 Å². The number of imidazole rings is 1. The Hall–Kier alpha value is -2.37. The molecule has 2 rings (SSSR count). The molecule has 1 atom stereocenters. The Morgan fingerprint density at radius 1 is 1.45 bits per heavy atom. The van der Waals surface area contributed by atoms with Crippen LogP contribution in [0.3, 0.4) is 0 Å². The second kappa shape index (κ2) is 6.18. The van der Waals surface area contributed by atoms with E-state index in [9.17, 15) is 9.59 Å². The van der Waals surface area contributed by atoms with Crippen molar-refractivity contribution in [3.8, 4) is 0 Å². The highest BCUT2D eigenvalue weighted by Gasteiger charge is 2.17. The van der Waals surface area contributed by atoms with Gasteiger partial charge in [-0.1, -0.05) is 6.07 Å². The lowest BCUT2D eigenvalue weighted by Gasteiger charge is -2.11. The molecule has 1 amide bonds. The Bertz CT molecular complexity index is 588. The van der Waals surface area contributed by atoms with Crippen molar-refractivity contribution < 1.29 is 14.3 Å². The molecule has 2 heterocycles. The number of esters is 1. The fraction of sp³-hybridized carbons (Fsp3) is 0.357. The fourth-order valence-corrected chi connectivity index (χ4v) is 1.86. The zero-order valence-electron chi connectivity index (χ0n) is 11.5. The Balaban J connectivity index is 1.95. The lowest BCUT2D eigenvalue weighted by Crippen LogP contribution is -2.40.